The molecule has 0 spiro atoms. The minimum atomic E-state index is -0.373. The highest BCUT2D eigenvalue weighted by Crippen LogP contribution is 2.35. The van der Waals surface area contributed by atoms with Crippen LogP contribution in [0.5, 0.6) is 0 Å². The molecule has 2 aromatic carbocycles. The summed E-state index contributed by atoms with van der Waals surface area (Å²) in [5.74, 6) is 0. The molecule has 0 radical (unpaired) electrons. The number of nitro benzene ring substituents is 1. The number of non-ortho nitro benzene ring substituents is 1. The first kappa shape index (κ1) is 14.2. The Bertz CT molecular complexity index is 670. The lowest BCUT2D eigenvalue weighted by Crippen LogP contribution is -2.18. The average molecular weight is 347 g/mol. The van der Waals surface area contributed by atoms with Gasteiger partial charge in [0.15, 0.2) is 0 Å². The molecular weight excluding hydrogens is 332 g/mol. The number of nitrogens with zero attached hydrogens (tertiary/aromatic N) is 1. The van der Waals surface area contributed by atoms with E-state index >= 15 is 0 Å². The van der Waals surface area contributed by atoms with Crippen molar-refractivity contribution in [2.24, 2.45) is 0 Å². The molecule has 1 N–H and O–H groups in total. The van der Waals surface area contributed by atoms with Crippen molar-refractivity contribution in [3.05, 3.63) is 73.7 Å². The third kappa shape index (κ3) is 2.99. The summed E-state index contributed by atoms with van der Waals surface area (Å²) < 4.78 is 1.18. The van der Waals surface area contributed by atoms with Gasteiger partial charge in [-0.25, -0.2) is 0 Å². The Balaban J connectivity index is 1.67. The molecule has 3 rings (SSSR count). The quantitative estimate of drug-likeness (QED) is 0.668. The molecule has 1 aliphatic rings. The number of nitro groups is 1. The first-order valence-electron chi connectivity index (χ1n) is 6.89. The Hall–Kier alpha value is -1.72. The van der Waals surface area contributed by atoms with Crippen molar-refractivity contribution >= 4 is 21.6 Å². The number of fused-ring (bicyclic) bond motifs is 1. The van der Waals surface area contributed by atoms with Crippen molar-refractivity contribution in [3.63, 3.8) is 0 Å². The predicted molar refractivity (Wildman–Crippen MR) is 85.1 cm³/mol. The molecule has 0 amide bonds. The van der Waals surface area contributed by atoms with E-state index in [2.05, 4.69) is 39.4 Å². The first-order chi connectivity index (χ1) is 10.1. The highest BCUT2D eigenvalue weighted by Gasteiger charge is 2.23. The molecular formula is C16H15BrN2O2. The van der Waals surface area contributed by atoms with Crippen LogP contribution in [0, 0.1) is 10.1 Å². The molecule has 1 aliphatic carbocycles. The van der Waals surface area contributed by atoms with Gasteiger partial charge in [0.1, 0.15) is 0 Å². The van der Waals surface area contributed by atoms with E-state index in [1.807, 2.05) is 12.1 Å². The Morgan fingerprint density at radius 2 is 2.00 bits per heavy atom. The van der Waals surface area contributed by atoms with Crippen LogP contribution in [-0.2, 0) is 13.0 Å². The van der Waals surface area contributed by atoms with Crippen molar-refractivity contribution in [2.45, 2.75) is 25.4 Å². The Kier molecular flexibility index (Phi) is 4.03. The summed E-state index contributed by atoms with van der Waals surface area (Å²) in [6, 6.07) is 13.4. The van der Waals surface area contributed by atoms with Crippen LogP contribution in [0.1, 0.15) is 29.2 Å². The lowest BCUT2D eigenvalue weighted by molar-refractivity contribution is -0.384. The van der Waals surface area contributed by atoms with Crippen molar-refractivity contribution < 1.29 is 4.92 Å². The highest BCUT2D eigenvalue weighted by molar-refractivity contribution is 9.10. The van der Waals surface area contributed by atoms with E-state index < -0.39 is 0 Å². The third-order valence-electron chi connectivity index (χ3n) is 3.91. The zero-order chi connectivity index (χ0) is 14.8. The van der Waals surface area contributed by atoms with Crippen LogP contribution < -0.4 is 5.32 Å². The lowest BCUT2D eigenvalue weighted by atomic mass is 10.1. The SMILES string of the molecule is O=[N+]([O-])c1ccc(CNC2CCc3c(Br)cccc32)cc1. The lowest BCUT2D eigenvalue weighted by Gasteiger charge is -2.14. The summed E-state index contributed by atoms with van der Waals surface area (Å²) in [6.07, 6.45) is 2.17. The summed E-state index contributed by atoms with van der Waals surface area (Å²) in [7, 11) is 0. The maximum atomic E-state index is 10.6. The van der Waals surface area contributed by atoms with Crippen molar-refractivity contribution in [2.75, 3.05) is 0 Å². The van der Waals surface area contributed by atoms with E-state index in [1.54, 1.807) is 12.1 Å². The van der Waals surface area contributed by atoms with Gasteiger partial charge in [0.05, 0.1) is 4.92 Å². The van der Waals surface area contributed by atoms with Crippen molar-refractivity contribution in [3.8, 4) is 0 Å². The van der Waals surface area contributed by atoms with Gasteiger partial charge < -0.3 is 5.32 Å². The first-order valence-corrected chi connectivity index (χ1v) is 7.68. The molecule has 0 saturated carbocycles. The minimum Gasteiger partial charge on any atom is -0.306 e. The summed E-state index contributed by atoms with van der Waals surface area (Å²) in [6.45, 7) is 0.717. The van der Waals surface area contributed by atoms with Gasteiger partial charge in [0, 0.05) is 29.2 Å². The Morgan fingerprint density at radius 1 is 1.24 bits per heavy atom. The van der Waals surface area contributed by atoms with Gasteiger partial charge in [-0.15, -0.1) is 0 Å². The molecule has 1 atom stereocenters. The number of hydrogen-bond acceptors (Lipinski definition) is 3. The monoisotopic (exact) mass is 346 g/mol. The van der Waals surface area contributed by atoms with Gasteiger partial charge in [0.2, 0.25) is 0 Å². The van der Waals surface area contributed by atoms with Gasteiger partial charge in [-0.3, -0.25) is 10.1 Å². The number of benzene rings is 2. The summed E-state index contributed by atoms with van der Waals surface area (Å²) in [5.41, 5.74) is 3.93. The second-order valence-electron chi connectivity index (χ2n) is 5.20. The number of nitrogens with one attached hydrogen (secondary N) is 1. The number of halogens is 1. The highest BCUT2D eigenvalue weighted by atomic mass is 79.9. The van der Waals surface area contributed by atoms with Crippen molar-refractivity contribution in [1.82, 2.24) is 5.32 Å². The molecule has 2 aromatic rings. The average Bonchev–Trinajstić information content (AvgIpc) is 2.90. The molecule has 0 bridgehead atoms. The molecule has 1 unspecified atom stereocenters. The molecule has 0 heterocycles. The van der Waals surface area contributed by atoms with Gasteiger partial charge in [-0.05, 0) is 35.6 Å². The van der Waals surface area contributed by atoms with Gasteiger partial charge in [-0.2, -0.15) is 0 Å². The molecule has 21 heavy (non-hydrogen) atoms. The molecule has 0 aromatic heterocycles. The van der Waals surface area contributed by atoms with E-state index in [9.17, 15) is 10.1 Å². The van der Waals surface area contributed by atoms with Gasteiger partial charge in [-0.1, -0.05) is 40.2 Å². The summed E-state index contributed by atoms with van der Waals surface area (Å²) in [4.78, 5) is 10.3. The topological polar surface area (TPSA) is 55.2 Å². The fraction of sp³-hybridized carbons (Fsp3) is 0.250. The molecule has 0 saturated heterocycles. The van der Waals surface area contributed by atoms with E-state index in [1.165, 1.54) is 15.6 Å². The summed E-state index contributed by atoms with van der Waals surface area (Å²) in [5, 5.41) is 14.2. The van der Waals surface area contributed by atoms with Crippen LogP contribution in [-0.4, -0.2) is 4.92 Å². The van der Waals surface area contributed by atoms with E-state index in [0.29, 0.717) is 12.6 Å². The second-order valence-corrected chi connectivity index (χ2v) is 6.06. The maximum Gasteiger partial charge on any atom is 0.269 e. The van der Waals surface area contributed by atoms with Crippen LogP contribution in [0.15, 0.2) is 46.9 Å². The second kappa shape index (κ2) is 5.95. The normalized spacial score (nSPS) is 16.7. The summed E-state index contributed by atoms with van der Waals surface area (Å²) >= 11 is 3.60. The zero-order valence-corrected chi connectivity index (χ0v) is 13.0. The van der Waals surface area contributed by atoms with Crippen LogP contribution in [0.3, 0.4) is 0 Å². The van der Waals surface area contributed by atoms with E-state index in [0.717, 1.165) is 18.4 Å². The number of rotatable bonds is 4. The molecule has 0 aliphatic heterocycles. The van der Waals surface area contributed by atoms with E-state index in [-0.39, 0.29) is 10.6 Å². The standard InChI is InChI=1S/C16H15BrN2O2/c17-15-3-1-2-14-13(15)8-9-16(14)18-10-11-4-6-12(7-5-11)19(20)21/h1-7,16,18H,8-10H2. The number of hydrogen-bond donors (Lipinski definition) is 1. The fourth-order valence-electron chi connectivity index (χ4n) is 2.80. The van der Waals surface area contributed by atoms with Crippen LogP contribution in [0.25, 0.3) is 0 Å². The minimum absolute atomic E-state index is 0.133. The maximum absolute atomic E-state index is 10.6. The van der Waals surface area contributed by atoms with Crippen LogP contribution in [0.2, 0.25) is 0 Å². The molecule has 5 heteroatoms. The zero-order valence-electron chi connectivity index (χ0n) is 11.4. The van der Waals surface area contributed by atoms with Crippen LogP contribution >= 0.6 is 15.9 Å². The third-order valence-corrected chi connectivity index (χ3v) is 4.66. The predicted octanol–water partition coefficient (Wildman–Crippen LogP) is 4.13. The molecule has 0 fully saturated rings. The van der Waals surface area contributed by atoms with Crippen LogP contribution in [0.4, 0.5) is 5.69 Å². The Morgan fingerprint density at radius 3 is 2.71 bits per heavy atom. The van der Waals surface area contributed by atoms with Gasteiger partial charge in [0.25, 0.3) is 5.69 Å². The fourth-order valence-corrected chi connectivity index (χ4v) is 3.38. The van der Waals surface area contributed by atoms with Crippen molar-refractivity contribution in [1.29, 1.82) is 0 Å². The Labute approximate surface area is 131 Å². The molecule has 4 nitrogen and oxygen atoms in total. The molecule has 108 valence electrons. The van der Waals surface area contributed by atoms with E-state index in [4.69, 9.17) is 0 Å². The largest absolute Gasteiger partial charge is 0.306 e. The smallest absolute Gasteiger partial charge is 0.269 e. The van der Waals surface area contributed by atoms with Gasteiger partial charge >= 0.3 is 0 Å².